The zero-order valence-corrected chi connectivity index (χ0v) is 5.53. The number of hydrazine groups is 1. The van der Waals surface area contributed by atoms with Gasteiger partial charge in [0.25, 0.3) is 0 Å². The van der Waals surface area contributed by atoms with Gasteiger partial charge in [0, 0.05) is 20.3 Å². The number of nitrogens with one attached hydrogen (secondary N) is 2. The molecule has 2 N–H and O–H groups in total. The van der Waals surface area contributed by atoms with E-state index in [1.807, 2.05) is 7.05 Å². The smallest absolute Gasteiger partial charge is 0.0474 e. The average molecular weight is 118 g/mol. The predicted octanol–water partition coefficient (Wildman–Crippen LogP) is -0.253. The van der Waals surface area contributed by atoms with Crippen LogP contribution in [0.2, 0.25) is 0 Å². The number of hydrogen-bond donors (Lipinski definition) is 2. The molecule has 3 nitrogen and oxygen atoms in total. The minimum Gasteiger partial charge on any atom is -0.385 e. The molecule has 0 rings (SSSR count). The van der Waals surface area contributed by atoms with Crippen LogP contribution in [0.3, 0.4) is 0 Å². The quantitative estimate of drug-likeness (QED) is 0.385. The van der Waals surface area contributed by atoms with Crippen molar-refractivity contribution >= 4 is 0 Å². The molecule has 0 aliphatic heterocycles. The minimum atomic E-state index is 0.828. The van der Waals surface area contributed by atoms with E-state index in [2.05, 4.69) is 10.9 Å². The van der Waals surface area contributed by atoms with E-state index < -0.39 is 0 Å². The first kappa shape index (κ1) is 7.88. The molecule has 0 aromatic rings. The van der Waals surface area contributed by atoms with E-state index in [4.69, 9.17) is 4.74 Å². The van der Waals surface area contributed by atoms with E-state index in [9.17, 15) is 0 Å². The Kier molecular flexibility index (Phi) is 6.78. The van der Waals surface area contributed by atoms with Crippen molar-refractivity contribution in [1.82, 2.24) is 10.9 Å². The summed E-state index contributed by atoms with van der Waals surface area (Å²) in [5.74, 6) is 0. The standard InChI is InChI=1S/C5H14N2O/c1-6-7-4-3-5-8-2/h6-7H,3-5H2,1-2H3. The fourth-order valence-electron chi connectivity index (χ4n) is 0.430. The van der Waals surface area contributed by atoms with Gasteiger partial charge in [0.15, 0.2) is 0 Å². The van der Waals surface area contributed by atoms with E-state index in [0.717, 1.165) is 19.6 Å². The summed E-state index contributed by atoms with van der Waals surface area (Å²) in [6, 6.07) is 0. The molecule has 0 heterocycles. The molecule has 0 bridgehead atoms. The lowest BCUT2D eigenvalue weighted by Gasteiger charge is -1.99. The Morgan fingerprint density at radius 3 is 2.75 bits per heavy atom. The van der Waals surface area contributed by atoms with Crippen molar-refractivity contribution in [2.45, 2.75) is 6.42 Å². The molecule has 0 saturated carbocycles. The van der Waals surface area contributed by atoms with Crippen molar-refractivity contribution in [2.75, 3.05) is 27.3 Å². The largest absolute Gasteiger partial charge is 0.385 e. The van der Waals surface area contributed by atoms with Crippen LogP contribution in [0.1, 0.15) is 6.42 Å². The fourth-order valence-corrected chi connectivity index (χ4v) is 0.430. The van der Waals surface area contributed by atoms with Crippen molar-refractivity contribution in [2.24, 2.45) is 0 Å². The van der Waals surface area contributed by atoms with Gasteiger partial charge in [-0.3, -0.25) is 10.9 Å². The third kappa shape index (κ3) is 5.88. The second-order valence-corrected chi connectivity index (χ2v) is 1.52. The molecule has 0 atom stereocenters. The van der Waals surface area contributed by atoms with E-state index >= 15 is 0 Å². The average Bonchev–Trinajstić information content (AvgIpc) is 1.81. The van der Waals surface area contributed by atoms with Gasteiger partial charge >= 0.3 is 0 Å². The van der Waals surface area contributed by atoms with E-state index in [1.165, 1.54) is 0 Å². The predicted molar refractivity (Wildman–Crippen MR) is 33.6 cm³/mol. The Morgan fingerprint density at radius 2 is 2.25 bits per heavy atom. The van der Waals surface area contributed by atoms with Crippen LogP contribution in [-0.4, -0.2) is 27.3 Å². The molecule has 0 aromatic carbocycles. The van der Waals surface area contributed by atoms with Crippen LogP contribution >= 0.6 is 0 Å². The van der Waals surface area contributed by atoms with Crippen molar-refractivity contribution in [3.8, 4) is 0 Å². The highest BCUT2D eigenvalue weighted by atomic mass is 16.5. The van der Waals surface area contributed by atoms with E-state index in [0.29, 0.717) is 0 Å². The highest BCUT2D eigenvalue weighted by Crippen LogP contribution is 1.73. The second-order valence-electron chi connectivity index (χ2n) is 1.52. The summed E-state index contributed by atoms with van der Waals surface area (Å²) < 4.78 is 4.82. The highest BCUT2D eigenvalue weighted by molar-refractivity contribution is 4.36. The molecule has 0 saturated heterocycles. The molecule has 0 amide bonds. The number of rotatable bonds is 5. The summed E-state index contributed by atoms with van der Waals surface area (Å²) >= 11 is 0. The molecule has 0 aliphatic carbocycles. The molecule has 0 spiro atoms. The van der Waals surface area contributed by atoms with Crippen LogP contribution in [-0.2, 0) is 4.74 Å². The number of methoxy groups -OCH3 is 1. The third-order valence-corrected chi connectivity index (χ3v) is 0.827. The zero-order chi connectivity index (χ0) is 6.24. The minimum absolute atomic E-state index is 0.828. The topological polar surface area (TPSA) is 33.3 Å². The summed E-state index contributed by atoms with van der Waals surface area (Å²) in [6.07, 6.45) is 1.05. The van der Waals surface area contributed by atoms with Gasteiger partial charge in [-0.2, -0.15) is 0 Å². The Balaban J connectivity index is 2.53. The Bertz CT molecular complexity index is 35.4. The van der Waals surface area contributed by atoms with Crippen LogP contribution in [0, 0.1) is 0 Å². The molecule has 50 valence electrons. The fraction of sp³-hybridized carbons (Fsp3) is 1.00. The molecule has 0 unspecified atom stereocenters. The normalized spacial score (nSPS) is 9.75. The van der Waals surface area contributed by atoms with Crippen LogP contribution in [0.5, 0.6) is 0 Å². The van der Waals surface area contributed by atoms with Crippen LogP contribution < -0.4 is 10.9 Å². The van der Waals surface area contributed by atoms with E-state index in [1.54, 1.807) is 7.11 Å². The van der Waals surface area contributed by atoms with Crippen molar-refractivity contribution in [1.29, 1.82) is 0 Å². The summed E-state index contributed by atoms with van der Waals surface area (Å²) in [7, 11) is 3.56. The Labute approximate surface area is 50.4 Å². The Hall–Kier alpha value is -0.120. The molecule has 0 aliphatic rings. The summed E-state index contributed by atoms with van der Waals surface area (Å²) in [5, 5.41) is 0. The lowest BCUT2D eigenvalue weighted by atomic mass is 10.5. The van der Waals surface area contributed by atoms with Gasteiger partial charge in [0.05, 0.1) is 0 Å². The third-order valence-electron chi connectivity index (χ3n) is 0.827. The molecular weight excluding hydrogens is 104 g/mol. The van der Waals surface area contributed by atoms with Crippen LogP contribution in [0.4, 0.5) is 0 Å². The molecule has 8 heavy (non-hydrogen) atoms. The zero-order valence-electron chi connectivity index (χ0n) is 5.53. The van der Waals surface area contributed by atoms with Gasteiger partial charge in [-0.25, -0.2) is 0 Å². The molecule has 3 heteroatoms. The second kappa shape index (κ2) is 6.88. The van der Waals surface area contributed by atoms with Gasteiger partial charge in [0.2, 0.25) is 0 Å². The maximum absolute atomic E-state index is 4.82. The molecule has 0 fully saturated rings. The summed E-state index contributed by atoms with van der Waals surface area (Å²) in [6.45, 7) is 1.79. The number of ether oxygens (including phenoxy) is 1. The van der Waals surface area contributed by atoms with Crippen LogP contribution in [0.25, 0.3) is 0 Å². The first-order valence-electron chi connectivity index (χ1n) is 2.80. The SMILES string of the molecule is CNNCCCOC. The van der Waals surface area contributed by atoms with E-state index in [-0.39, 0.29) is 0 Å². The van der Waals surface area contributed by atoms with Crippen LogP contribution in [0.15, 0.2) is 0 Å². The maximum Gasteiger partial charge on any atom is 0.0474 e. The van der Waals surface area contributed by atoms with Crippen molar-refractivity contribution < 1.29 is 4.74 Å². The molecule has 0 radical (unpaired) electrons. The molecular formula is C5H14N2O. The first-order valence-corrected chi connectivity index (χ1v) is 2.80. The Morgan fingerprint density at radius 1 is 1.50 bits per heavy atom. The molecule has 0 aromatic heterocycles. The van der Waals surface area contributed by atoms with Crippen molar-refractivity contribution in [3.63, 3.8) is 0 Å². The highest BCUT2D eigenvalue weighted by Gasteiger charge is 1.80. The maximum atomic E-state index is 4.82. The van der Waals surface area contributed by atoms with Gasteiger partial charge < -0.3 is 4.74 Å². The van der Waals surface area contributed by atoms with Gasteiger partial charge in [0.1, 0.15) is 0 Å². The monoisotopic (exact) mass is 118 g/mol. The van der Waals surface area contributed by atoms with Gasteiger partial charge in [-0.1, -0.05) is 0 Å². The summed E-state index contributed by atoms with van der Waals surface area (Å²) in [4.78, 5) is 0. The summed E-state index contributed by atoms with van der Waals surface area (Å²) in [5.41, 5.74) is 5.77. The van der Waals surface area contributed by atoms with Gasteiger partial charge in [-0.05, 0) is 13.5 Å². The lowest BCUT2D eigenvalue weighted by Crippen LogP contribution is -2.28. The number of hydrogen-bond acceptors (Lipinski definition) is 3. The van der Waals surface area contributed by atoms with Crippen molar-refractivity contribution in [3.05, 3.63) is 0 Å². The van der Waals surface area contributed by atoms with Gasteiger partial charge in [-0.15, -0.1) is 0 Å². The lowest BCUT2D eigenvalue weighted by molar-refractivity contribution is 0.193. The first-order chi connectivity index (χ1) is 3.91.